The molecule has 0 atom stereocenters. The molecule has 3 fully saturated rings. The van der Waals surface area contributed by atoms with E-state index in [1.54, 1.807) is 0 Å². The topological polar surface area (TPSA) is 43.8 Å². The van der Waals surface area contributed by atoms with Gasteiger partial charge in [-0.3, -0.25) is 4.79 Å². The van der Waals surface area contributed by atoms with Crippen LogP contribution >= 0.6 is 11.6 Å². The van der Waals surface area contributed by atoms with E-state index < -0.39 is 11.0 Å². The highest BCUT2D eigenvalue weighted by molar-refractivity contribution is 6.31. The van der Waals surface area contributed by atoms with E-state index in [0.717, 1.165) is 56.8 Å². The van der Waals surface area contributed by atoms with Gasteiger partial charge in [-0.15, -0.1) is 0 Å². The molecule has 1 heterocycles. The van der Waals surface area contributed by atoms with Crippen LogP contribution in [0.25, 0.3) is 0 Å². The first-order valence-electron chi connectivity index (χ1n) is 11.4. The van der Waals surface area contributed by atoms with Crippen molar-refractivity contribution in [1.82, 2.24) is 9.80 Å². The van der Waals surface area contributed by atoms with Crippen LogP contribution in [0.15, 0.2) is 24.3 Å². The molecule has 0 aromatic heterocycles. The minimum absolute atomic E-state index is 0.205. The molecule has 1 N–H and O–H groups in total. The number of carbonyl (C=O) groups excluding carboxylic acids is 1. The number of likely N-dealkylation sites (tertiary alicyclic amines) is 1. The molecule has 0 radical (unpaired) electrons. The van der Waals surface area contributed by atoms with Gasteiger partial charge in [0.2, 0.25) is 5.91 Å². The largest absolute Gasteiger partial charge is 0.389 e. The number of hydrogen-bond donors (Lipinski definition) is 1. The third-order valence-corrected chi connectivity index (χ3v) is 8.20. The van der Waals surface area contributed by atoms with Gasteiger partial charge >= 0.3 is 0 Å². The first-order valence-corrected chi connectivity index (χ1v) is 11.8. The zero-order valence-electron chi connectivity index (χ0n) is 17.7. The first-order chi connectivity index (χ1) is 14.0. The normalized spacial score (nSPS) is 24.2. The van der Waals surface area contributed by atoms with E-state index in [9.17, 15) is 9.90 Å². The van der Waals surface area contributed by atoms with Crippen LogP contribution in [-0.2, 0) is 11.2 Å². The van der Waals surface area contributed by atoms with Gasteiger partial charge in [-0.2, -0.15) is 0 Å². The zero-order chi connectivity index (χ0) is 20.5. The van der Waals surface area contributed by atoms with Crippen LogP contribution in [0.1, 0.15) is 63.4 Å². The van der Waals surface area contributed by atoms with Crippen molar-refractivity contribution in [3.05, 3.63) is 34.9 Å². The molecule has 0 bridgehead atoms. The summed E-state index contributed by atoms with van der Waals surface area (Å²) >= 11 is 6.28. The molecule has 2 aliphatic carbocycles. The van der Waals surface area contributed by atoms with Crippen molar-refractivity contribution in [1.29, 1.82) is 0 Å². The van der Waals surface area contributed by atoms with E-state index in [4.69, 9.17) is 11.6 Å². The molecule has 160 valence electrons. The van der Waals surface area contributed by atoms with E-state index in [1.165, 1.54) is 24.8 Å². The van der Waals surface area contributed by atoms with Crippen LogP contribution in [0, 0.1) is 5.41 Å². The van der Waals surface area contributed by atoms with Gasteiger partial charge in [0, 0.05) is 37.7 Å². The van der Waals surface area contributed by atoms with Crippen LogP contribution < -0.4 is 0 Å². The lowest BCUT2D eigenvalue weighted by Gasteiger charge is -2.45. The fourth-order valence-corrected chi connectivity index (χ4v) is 5.81. The Balaban J connectivity index is 1.33. The van der Waals surface area contributed by atoms with Crippen LogP contribution in [-0.4, -0.2) is 59.1 Å². The minimum Gasteiger partial charge on any atom is -0.389 e. The number of nitrogens with zero attached hydrogens (tertiary/aromatic N) is 2. The first kappa shape index (κ1) is 21.1. The number of aliphatic hydroxyl groups is 1. The second-order valence-corrected chi connectivity index (χ2v) is 9.91. The molecule has 1 aliphatic heterocycles. The van der Waals surface area contributed by atoms with Crippen LogP contribution in [0.3, 0.4) is 0 Å². The Kier molecular flexibility index (Phi) is 6.24. The second kappa shape index (κ2) is 8.56. The molecule has 4 nitrogen and oxygen atoms in total. The monoisotopic (exact) mass is 418 g/mol. The van der Waals surface area contributed by atoms with Crippen LogP contribution in [0.4, 0.5) is 0 Å². The Morgan fingerprint density at radius 1 is 1.14 bits per heavy atom. The van der Waals surface area contributed by atoms with Crippen molar-refractivity contribution in [2.75, 3.05) is 26.7 Å². The molecule has 1 saturated heterocycles. The van der Waals surface area contributed by atoms with Gasteiger partial charge in [0.15, 0.2) is 0 Å². The molecular weight excluding hydrogens is 384 g/mol. The fraction of sp³-hybridized carbons (Fsp3) is 0.708. The molecule has 4 rings (SSSR count). The number of halogens is 1. The van der Waals surface area contributed by atoms with Crippen molar-refractivity contribution in [2.45, 2.75) is 75.9 Å². The summed E-state index contributed by atoms with van der Waals surface area (Å²) in [5.74, 6) is 0.205. The molecule has 3 aliphatic rings. The van der Waals surface area contributed by atoms with E-state index in [2.05, 4.69) is 11.0 Å². The molecule has 0 unspecified atom stereocenters. The third kappa shape index (κ3) is 4.22. The average molecular weight is 419 g/mol. The van der Waals surface area contributed by atoms with E-state index in [-0.39, 0.29) is 5.91 Å². The predicted molar refractivity (Wildman–Crippen MR) is 117 cm³/mol. The number of amides is 1. The van der Waals surface area contributed by atoms with E-state index >= 15 is 0 Å². The average Bonchev–Trinajstić information content (AvgIpc) is 3.57. The summed E-state index contributed by atoms with van der Waals surface area (Å²) < 4.78 is 0. The Hall–Kier alpha value is -1.10. The number of carbonyl (C=O) groups is 1. The number of benzene rings is 1. The van der Waals surface area contributed by atoms with Crippen LogP contribution in [0.2, 0.25) is 5.02 Å². The lowest BCUT2D eigenvalue weighted by Crippen LogP contribution is -2.56. The van der Waals surface area contributed by atoms with Crippen LogP contribution in [0.5, 0.6) is 0 Å². The van der Waals surface area contributed by atoms with Gasteiger partial charge in [-0.05, 0) is 56.6 Å². The highest BCUT2D eigenvalue weighted by Gasteiger charge is 2.65. The van der Waals surface area contributed by atoms with Crippen molar-refractivity contribution in [3.8, 4) is 0 Å². The van der Waals surface area contributed by atoms with Gasteiger partial charge in [0.25, 0.3) is 0 Å². The molecule has 1 aromatic carbocycles. The molecule has 5 heteroatoms. The molecule has 1 aromatic rings. The van der Waals surface area contributed by atoms with Gasteiger partial charge in [0.05, 0.1) is 11.0 Å². The maximum absolute atomic E-state index is 13.4. The molecule has 2 saturated carbocycles. The predicted octanol–water partition coefficient (Wildman–Crippen LogP) is 4.28. The number of hydrogen-bond acceptors (Lipinski definition) is 3. The summed E-state index contributed by atoms with van der Waals surface area (Å²) in [5, 5.41) is 12.4. The van der Waals surface area contributed by atoms with Gasteiger partial charge in [-0.1, -0.05) is 49.1 Å². The van der Waals surface area contributed by atoms with Gasteiger partial charge in [0.1, 0.15) is 0 Å². The lowest BCUT2D eigenvalue weighted by atomic mass is 9.75. The Morgan fingerprint density at radius 3 is 2.41 bits per heavy atom. The number of piperidine rings is 1. The summed E-state index contributed by atoms with van der Waals surface area (Å²) in [6, 6.07) is 8.39. The maximum Gasteiger partial charge on any atom is 0.231 e. The SMILES string of the molecule is CN(C(=O)C1(C2(O)CCN(CCc3ccccc3Cl)CC2)CC1)C1CCCCC1. The summed E-state index contributed by atoms with van der Waals surface area (Å²) in [4.78, 5) is 17.8. The lowest BCUT2D eigenvalue weighted by molar-refractivity contribution is -0.155. The number of rotatable bonds is 6. The van der Waals surface area contributed by atoms with Crippen molar-refractivity contribution in [3.63, 3.8) is 0 Å². The van der Waals surface area contributed by atoms with Crippen molar-refractivity contribution >= 4 is 17.5 Å². The Bertz CT molecular complexity index is 719. The Labute approximate surface area is 180 Å². The Morgan fingerprint density at radius 2 is 1.79 bits per heavy atom. The smallest absolute Gasteiger partial charge is 0.231 e. The van der Waals surface area contributed by atoms with E-state index in [0.29, 0.717) is 18.9 Å². The van der Waals surface area contributed by atoms with Crippen molar-refractivity contribution in [2.24, 2.45) is 5.41 Å². The fourth-order valence-electron chi connectivity index (χ4n) is 5.58. The summed E-state index contributed by atoms with van der Waals surface area (Å²) in [6.45, 7) is 2.65. The minimum atomic E-state index is -0.839. The molecule has 29 heavy (non-hydrogen) atoms. The zero-order valence-corrected chi connectivity index (χ0v) is 18.5. The molecular formula is C24H35ClN2O2. The highest BCUT2D eigenvalue weighted by atomic mass is 35.5. The van der Waals surface area contributed by atoms with Crippen molar-refractivity contribution < 1.29 is 9.90 Å². The second-order valence-electron chi connectivity index (χ2n) is 9.50. The van der Waals surface area contributed by atoms with E-state index in [1.807, 2.05) is 30.1 Å². The highest BCUT2D eigenvalue weighted by Crippen LogP contribution is 2.59. The standard InChI is InChI=1S/C24H35ClN2O2/c1-26(20-8-3-2-4-9-20)22(28)23(12-13-23)24(29)14-17-27(18-15-24)16-11-19-7-5-6-10-21(19)25/h5-7,10,20,29H,2-4,8-9,11-18H2,1H3. The quantitative estimate of drug-likeness (QED) is 0.749. The summed E-state index contributed by atoms with van der Waals surface area (Å²) in [6.07, 6.45) is 9.97. The maximum atomic E-state index is 13.4. The summed E-state index contributed by atoms with van der Waals surface area (Å²) in [7, 11) is 1.97. The third-order valence-electron chi connectivity index (χ3n) is 7.83. The summed E-state index contributed by atoms with van der Waals surface area (Å²) in [5.41, 5.74) is -0.181. The molecule has 1 amide bonds. The molecule has 0 spiro atoms. The van der Waals surface area contributed by atoms with Gasteiger partial charge in [-0.25, -0.2) is 0 Å². The van der Waals surface area contributed by atoms with Gasteiger partial charge < -0.3 is 14.9 Å².